The quantitative estimate of drug-likeness (QED) is 0.629. The maximum Gasteiger partial charge on any atom is 0.321 e. The summed E-state index contributed by atoms with van der Waals surface area (Å²) in [7, 11) is 0. The number of amides is 2. The van der Waals surface area contributed by atoms with E-state index in [1.165, 1.54) is 4.90 Å². The molecule has 1 aliphatic rings. The molecule has 0 unspecified atom stereocenters. The number of hydrogen-bond acceptors (Lipinski definition) is 3. The largest absolute Gasteiger partial charge is 0.391 e. The van der Waals surface area contributed by atoms with Gasteiger partial charge in [-0.3, -0.25) is 0 Å². The smallest absolute Gasteiger partial charge is 0.321 e. The number of urea groups is 1. The number of nitrogens with zero attached hydrogens (tertiary/aromatic N) is 2. The van der Waals surface area contributed by atoms with E-state index in [9.17, 15) is 15.0 Å². The van der Waals surface area contributed by atoms with Crippen molar-refractivity contribution in [3.8, 4) is 0 Å². The second-order valence-electron chi connectivity index (χ2n) is 7.66. The average Bonchev–Trinajstić information content (AvgIpc) is 2.76. The Kier molecular flexibility index (Phi) is 7.44. The van der Waals surface area contributed by atoms with Crippen molar-refractivity contribution in [3.05, 3.63) is 97.1 Å². The lowest BCUT2D eigenvalue weighted by Gasteiger charge is -2.50. The summed E-state index contributed by atoms with van der Waals surface area (Å²) in [5.41, 5.74) is 1.98. The fourth-order valence-electron chi connectivity index (χ4n) is 4.22. The molecule has 5 nitrogen and oxygen atoms in total. The maximum atomic E-state index is 13.4. The molecule has 0 spiro atoms. The first-order valence-electron chi connectivity index (χ1n) is 10.3. The van der Waals surface area contributed by atoms with Crippen molar-refractivity contribution in [1.82, 2.24) is 9.80 Å². The van der Waals surface area contributed by atoms with Gasteiger partial charge in [-0.1, -0.05) is 72.8 Å². The van der Waals surface area contributed by atoms with E-state index in [1.807, 2.05) is 60.7 Å². The standard InChI is InChI=1S/C25H30N2O3/c1-3-15-26-21(17-19-11-7-5-8-12-19)24(29)23(27(16-4-2)25(26)30)22(28)18-20-13-9-6-10-14-20/h3-14,21-24,28-29H,1-2,15-18H2/t21-,22-,23-,24+/m1/s1. The lowest BCUT2D eigenvalue weighted by Crippen LogP contribution is -2.69. The molecule has 0 radical (unpaired) electrons. The summed E-state index contributed by atoms with van der Waals surface area (Å²) in [6.07, 6.45) is 2.30. The number of benzene rings is 2. The molecule has 2 aromatic rings. The molecule has 1 saturated heterocycles. The highest BCUT2D eigenvalue weighted by Gasteiger charge is 2.47. The molecule has 5 heteroatoms. The van der Waals surface area contributed by atoms with Crippen LogP contribution in [0.4, 0.5) is 4.79 Å². The van der Waals surface area contributed by atoms with E-state index in [2.05, 4.69) is 13.2 Å². The van der Waals surface area contributed by atoms with Gasteiger partial charge in [-0.2, -0.15) is 0 Å². The molecule has 158 valence electrons. The molecule has 2 aromatic carbocycles. The van der Waals surface area contributed by atoms with E-state index in [0.717, 1.165) is 11.1 Å². The highest BCUT2D eigenvalue weighted by Crippen LogP contribution is 2.28. The van der Waals surface area contributed by atoms with E-state index in [1.54, 1.807) is 17.1 Å². The lowest BCUT2D eigenvalue weighted by molar-refractivity contribution is -0.0736. The van der Waals surface area contributed by atoms with E-state index < -0.39 is 24.3 Å². The Balaban J connectivity index is 1.92. The number of carbonyl (C=O) groups excluding carboxylic acids is 1. The van der Waals surface area contributed by atoms with Crippen molar-refractivity contribution >= 4 is 6.03 Å². The summed E-state index contributed by atoms with van der Waals surface area (Å²) in [4.78, 5) is 16.5. The summed E-state index contributed by atoms with van der Waals surface area (Å²) >= 11 is 0. The zero-order valence-electron chi connectivity index (χ0n) is 17.2. The van der Waals surface area contributed by atoms with Crippen LogP contribution in [0.1, 0.15) is 11.1 Å². The molecule has 4 atom stereocenters. The molecular formula is C25H30N2O3. The Hall–Kier alpha value is -2.89. The zero-order valence-corrected chi connectivity index (χ0v) is 17.2. The predicted octanol–water partition coefficient (Wildman–Crippen LogP) is 3.04. The number of aliphatic hydroxyl groups excluding tert-OH is 2. The Morgan fingerprint density at radius 3 is 2.00 bits per heavy atom. The molecule has 0 saturated carbocycles. The minimum atomic E-state index is -0.929. The number of rotatable bonds is 9. The van der Waals surface area contributed by atoms with Gasteiger partial charge in [-0.25, -0.2) is 4.79 Å². The maximum absolute atomic E-state index is 13.4. The first-order valence-corrected chi connectivity index (χ1v) is 10.3. The van der Waals surface area contributed by atoms with Gasteiger partial charge in [0.05, 0.1) is 24.3 Å². The Morgan fingerprint density at radius 1 is 0.900 bits per heavy atom. The Bertz CT molecular complexity index is 840. The summed E-state index contributed by atoms with van der Waals surface area (Å²) < 4.78 is 0. The fraction of sp³-hybridized carbons (Fsp3) is 0.320. The van der Waals surface area contributed by atoms with Crippen molar-refractivity contribution < 1.29 is 15.0 Å². The van der Waals surface area contributed by atoms with Crippen LogP contribution in [0.15, 0.2) is 86.0 Å². The second kappa shape index (κ2) is 10.2. The van der Waals surface area contributed by atoms with Gasteiger partial charge in [0.15, 0.2) is 0 Å². The summed E-state index contributed by atoms with van der Waals surface area (Å²) in [6, 6.07) is 18.0. The number of aliphatic hydroxyl groups is 2. The Labute approximate surface area is 178 Å². The topological polar surface area (TPSA) is 64.0 Å². The summed E-state index contributed by atoms with van der Waals surface area (Å²) in [6.45, 7) is 8.10. The van der Waals surface area contributed by atoms with Crippen LogP contribution < -0.4 is 0 Å². The van der Waals surface area contributed by atoms with E-state index in [-0.39, 0.29) is 12.6 Å². The van der Waals surface area contributed by atoms with Crippen molar-refractivity contribution in [2.45, 2.75) is 37.1 Å². The third kappa shape index (κ3) is 4.81. The lowest BCUT2D eigenvalue weighted by atomic mass is 9.87. The molecule has 3 rings (SSSR count). The number of hydrogen-bond donors (Lipinski definition) is 2. The molecule has 0 aliphatic carbocycles. The molecule has 2 amide bonds. The van der Waals surface area contributed by atoms with Crippen molar-refractivity contribution in [3.63, 3.8) is 0 Å². The summed E-state index contributed by atoms with van der Waals surface area (Å²) in [5.74, 6) is 0. The molecule has 0 bridgehead atoms. The van der Waals surface area contributed by atoms with Crippen molar-refractivity contribution in [1.29, 1.82) is 0 Å². The van der Waals surface area contributed by atoms with Gasteiger partial charge < -0.3 is 20.0 Å². The molecule has 0 aromatic heterocycles. The van der Waals surface area contributed by atoms with Crippen LogP contribution >= 0.6 is 0 Å². The number of carbonyl (C=O) groups is 1. The minimum absolute atomic E-state index is 0.224. The van der Waals surface area contributed by atoms with Gasteiger partial charge in [0, 0.05) is 19.5 Å². The minimum Gasteiger partial charge on any atom is -0.391 e. The van der Waals surface area contributed by atoms with Gasteiger partial charge >= 0.3 is 6.03 Å². The van der Waals surface area contributed by atoms with Crippen molar-refractivity contribution in [2.24, 2.45) is 0 Å². The highest BCUT2D eigenvalue weighted by molar-refractivity contribution is 5.77. The van der Waals surface area contributed by atoms with Gasteiger partial charge in [0.2, 0.25) is 0 Å². The van der Waals surface area contributed by atoms with Crippen molar-refractivity contribution in [2.75, 3.05) is 13.1 Å². The molecule has 30 heavy (non-hydrogen) atoms. The van der Waals surface area contributed by atoms with Crippen LogP contribution in [0.5, 0.6) is 0 Å². The van der Waals surface area contributed by atoms with Gasteiger partial charge in [-0.05, 0) is 17.5 Å². The second-order valence-corrected chi connectivity index (χ2v) is 7.66. The van der Waals surface area contributed by atoms with Gasteiger partial charge in [0.25, 0.3) is 0 Å². The van der Waals surface area contributed by atoms with Crippen LogP contribution in [0.25, 0.3) is 0 Å². The monoisotopic (exact) mass is 406 g/mol. The molecular weight excluding hydrogens is 376 g/mol. The zero-order chi connectivity index (χ0) is 21.5. The predicted molar refractivity (Wildman–Crippen MR) is 119 cm³/mol. The molecule has 1 fully saturated rings. The third-order valence-electron chi connectivity index (χ3n) is 5.62. The first-order chi connectivity index (χ1) is 14.6. The third-order valence-corrected chi connectivity index (χ3v) is 5.62. The summed E-state index contributed by atoms with van der Waals surface area (Å²) in [5, 5.41) is 22.5. The fourth-order valence-corrected chi connectivity index (χ4v) is 4.22. The van der Waals surface area contributed by atoms with E-state index in [0.29, 0.717) is 19.4 Å². The van der Waals surface area contributed by atoms with Crippen LogP contribution in [-0.4, -0.2) is 63.4 Å². The van der Waals surface area contributed by atoms with Crippen LogP contribution in [0.2, 0.25) is 0 Å². The molecule has 1 aliphatic heterocycles. The van der Waals surface area contributed by atoms with Crippen LogP contribution in [0, 0.1) is 0 Å². The van der Waals surface area contributed by atoms with E-state index >= 15 is 0 Å². The molecule has 1 heterocycles. The van der Waals surface area contributed by atoms with Gasteiger partial charge in [0.1, 0.15) is 0 Å². The SMILES string of the molecule is C=CCN1C(=O)N(CC=C)[C@H](Cc2ccccc2)[C@H](O)[C@H]1[C@H](O)Cc1ccccc1. The highest BCUT2D eigenvalue weighted by atomic mass is 16.3. The van der Waals surface area contributed by atoms with Crippen LogP contribution in [-0.2, 0) is 12.8 Å². The van der Waals surface area contributed by atoms with Gasteiger partial charge in [-0.15, -0.1) is 13.2 Å². The first kappa shape index (κ1) is 21.8. The van der Waals surface area contributed by atoms with Crippen LogP contribution in [0.3, 0.4) is 0 Å². The van der Waals surface area contributed by atoms with E-state index in [4.69, 9.17) is 0 Å². The molecule has 2 N–H and O–H groups in total. The average molecular weight is 407 g/mol. The Morgan fingerprint density at radius 2 is 1.43 bits per heavy atom. The normalized spacial score (nSPS) is 22.6.